The summed E-state index contributed by atoms with van der Waals surface area (Å²) in [5.41, 5.74) is -0.0483. The summed E-state index contributed by atoms with van der Waals surface area (Å²) in [7, 11) is 0. The smallest absolute Gasteiger partial charge is 0.317 e. The highest BCUT2D eigenvalue weighted by Gasteiger charge is 2.34. The topological polar surface area (TPSA) is 32.3 Å². The molecular formula is C18H15F5N2O. The lowest BCUT2D eigenvalue weighted by Crippen LogP contribution is -2.44. The van der Waals surface area contributed by atoms with Crippen LogP contribution in [0.4, 0.5) is 32.4 Å². The van der Waals surface area contributed by atoms with E-state index in [9.17, 15) is 26.7 Å². The molecule has 0 fully saturated rings. The normalized spacial score (nSPS) is 17.0. The second kappa shape index (κ2) is 6.59. The number of benzene rings is 2. The highest BCUT2D eigenvalue weighted by molar-refractivity contribution is 5.89. The van der Waals surface area contributed by atoms with Gasteiger partial charge < -0.3 is 10.2 Å². The monoisotopic (exact) mass is 370 g/mol. The molecule has 0 spiro atoms. The Hall–Kier alpha value is -2.64. The van der Waals surface area contributed by atoms with E-state index in [-0.39, 0.29) is 18.3 Å². The van der Waals surface area contributed by atoms with Crippen LogP contribution in [0.1, 0.15) is 23.6 Å². The van der Waals surface area contributed by atoms with Gasteiger partial charge >= 0.3 is 12.2 Å². The molecule has 0 radical (unpaired) electrons. The number of urea groups is 1. The molecule has 2 aromatic carbocycles. The molecule has 0 saturated carbocycles. The standard InChI is InChI=1S/C18H15F5N2O/c1-10-6-11-2-3-13(19)7-12(11)9-25(10)17(26)24-14-4-5-16(20)15(8-14)18(21,22)23/h2-5,7-8,10H,6,9H2,1H3,(H,24,26). The van der Waals surface area contributed by atoms with Crippen LogP contribution in [0.2, 0.25) is 0 Å². The van der Waals surface area contributed by atoms with Crippen LogP contribution in [0.25, 0.3) is 0 Å². The molecule has 3 nitrogen and oxygen atoms in total. The largest absolute Gasteiger partial charge is 0.419 e. The van der Waals surface area contributed by atoms with Crippen molar-refractivity contribution in [2.24, 2.45) is 0 Å². The molecule has 2 amide bonds. The third-order valence-corrected chi connectivity index (χ3v) is 4.34. The van der Waals surface area contributed by atoms with Crippen LogP contribution < -0.4 is 5.32 Å². The summed E-state index contributed by atoms with van der Waals surface area (Å²) >= 11 is 0. The molecule has 138 valence electrons. The van der Waals surface area contributed by atoms with Crippen molar-refractivity contribution in [3.63, 3.8) is 0 Å². The SMILES string of the molecule is CC1Cc2ccc(F)cc2CN1C(=O)Nc1ccc(F)c(C(F)(F)F)c1. The van der Waals surface area contributed by atoms with E-state index in [0.717, 1.165) is 11.6 Å². The van der Waals surface area contributed by atoms with Crippen molar-refractivity contribution in [2.45, 2.75) is 32.1 Å². The lowest BCUT2D eigenvalue weighted by Gasteiger charge is -2.35. The third-order valence-electron chi connectivity index (χ3n) is 4.34. The summed E-state index contributed by atoms with van der Waals surface area (Å²) in [6.45, 7) is 1.92. The Balaban J connectivity index is 1.80. The lowest BCUT2D eigenvalue weighted by atomic mass is 9.95. The first kappa shape index (κ1) is 18.2. The van der Waals surface area contributed by atoms with Crippen molar-refractivity contribution >= 4 is 11.7 Å². The minimum atomic E-state index is -4.86. The Morgan fingerprint density at radius 1 is 1.12 bits per heavy atom. The van der Waals surface area contributed by atoms with Crippen LogP contribution in [-0.4, -0.2) is 17.0 Å². The van der Waals surface area contributed by atoms with Crippen LogP contribution >= 0.6 is 0 Å². The van der Waals surface area contributed by atoms with Gasteiger partial charge in [0, 0.05) is 18.3 Å². The maximum Gasteiger partial charge on any atom is 0.419 e. The van der Waals surface area contributed by atoms with E-state index >= 15 is 0 Å². The predicted octanol–water partition coefficient (Wildman–Crippen LogP) is 4.96. The number of halogens is 5. The minimum absolute atomic E-state index is 0.132. The molecule has 0 aromatic heterocycles. The van der Waals surface area contributed by atoms with Crippen molar-refractivity contribution in [3.8, 4) is 0 Å². The summed E-state index contributed by atoms with van der Waals surface area (Å²) < 4.78 is 65.1. The molecule has 1 aliphatic heterocycles. The number of hydrogen-bond donors (Lipinski definition) is 1. The van der Waals surface area contributed by atoms with Crippen LogP contribution in [0, 0.1) is 11.6 Å². The Morgan fingerprint density at radius 3 is 2.54 bits per heavy atom. The second-order valence-electron chi connectivity index (χ2n) is 6.22. The van der Waals surface area contributed by atoms with Crippen molar-refractivity contribution in [3.05, 3.63) is 64.7 Å². The molecule has 8 heteroatoms. The number of anilines is 1. The van der Waals surface area contributed by atoms with E-state index in [2.05, 4.69) is 5.32 Å². The fourth-order valence-electron chi connectivity index (χ4n) is 3.00. The first-order valence-electron chi connectivity index (χ1n) is 7.87. The molecule has 1 aliphatic rings. The number of hydrogen-bond acceptors (Lipinski definition) is 1. The molecule has 26 heavy (non-hydrogen) atoms. The number of alkyl halides is 3. The molecule has 1 unspecified atom stereocenters. The molecule has 0 aliphatic carbocycles. The Morgan fingerprint density at radius 2 is 1.85 bits per heavy atom. The Kier molecular flexibility index (Phi) is 4.60. The van der Waals surface area contributed by atoms with Gasteiger partial charge in [0.1, 0.15) is 11.6 Å². The van der Waals surface area contributed by atoms with Crippen molar-refractivity contribution in [1.29, 1.82) is 0 Å². The fraction of sp³-hybridized carbons (Fsp3) is 0.278. The van der Waals surface area contributed by atoms with Gasteiger partial charge in [0.05, 0.1) is 5.56 Å². The maximum atomic E-state index is 13.4. The molecule has 2 aromatic rings. The summed E-state index contributed by atoms with van der Waals surface area (Å²) in [6.07, 6.45) is -4.36. The van der Waals surface area contributed by atoms with E-state index in [0.29, 0.717) is 24.1 Å². The van der Waals surface area contributed by atoms with Crippen LogP contribution in [-0.2, 0) is 19.1 Å². The number of nitrogens with one attached hydrogen (secondary N) is 1. The van der Waals surface area contributed by atoms with Gasteiger partial charge in [0.25, 0.3) is 0 Å². The van der Waals surface area contributed by atoms with Crippen molar-refractivity contribution in [1.82, 2.24) is 4.90 Å². The van der Waals surface area contributed by atoms with E-state index in [1.165, 1.54) is 17.0 Å². The van der Waals surface area contributed by atoms with Gasteiger partial charge in [-0.15, -0.1) is 0 Å². The Labute approximate surface area is 146 Å². The van der Waals surface area contributed by atoms with E-state index < -0.39 is 29.4 Å². The molecule has 1 N–H and O–H groups in total. The number of carbonyl (C=O) groups is 1. The second-order valence-corrected chi connectivity index (χ2v) is 6.22. The summed E-state index contributed by atoms with van der Waals surface area (Å²) in [4.78, 5) is 13.9. The molecule has 0 saturated heterocycles. The van der Waals surface area contributed by atoms with Crippen LogP contribution in [0.3, 0.4) is 0 Å². The van der Waals surface area contributed by atoms with E-state index in [1.54, 1.807) is 13.0 Å². The lowest BCUT2D eigenvalue weighted by molar-refractivity contribution is -0.139. The fourth-order valence-corrected chi connectivity index (χ4v) is 3.00. The number of nitrogens with zero attached hydrogens (tertiary/aromatic N) is 1. The zero-order valence-corrected chi connectivity index (χ0v) is 13.7. The molecule has 1 atom stereocenters. The summed E-state index contributed by atoms with van der Waals surface area (Å²) in [5.74, 6) is -1.83. The van der Waals surface area contributed by atoms with Crippen molar-refractivity contribution in [2.75, 3.05) is 5.32 Å². The van der Waals surface area contributed by atoms with Gasteiger partial charge in [0.15, 0.2) is 0 Å². The summed E-state index contributed by atoms with van der Waals surface area (Å²) in [5, 5.41) is 2.35. The van der Waals surface area contributed by atoms with Crippen LogP contribution in [0.15, 0.2) is 36.4 Å². The van der Waals surface area contributed by atoms with Gasteiger partial charge in [0.2, 0.25) is 0 Å². The van der Waals surface area contributed by atoms with Gasteiger partial charge in [-0.2, -0.15) is 13.2 Å². The Bertz CT molecular complexity index is 850. The number of rotatable bonds is 1. The predicted molar refractivity (Wildman–Crippen MR) is 85.5 cm³/mol. The van der Waals surface area contributed by atoms with Gasteiger partial charge in [-0.3, -0.25) is 0 Å². The zero-order chi connectivity index (χ0) is 19.1. The first-order valence-corrected chi connectivity index (χ1v) is 7.87. The molecular weight excluding hydrogens is 355 g/mol. The molecule has 1 heterocycles. The number of amides is 2. The first-order chi connectivity index (χ1) is 12.1. The maximum absolute atomic E-state index is 13.4. The summed E-state index contributed by atoms with van der Waals surface area (Å²) in [6, 6.07) is 5.75. The minimum Gasteiger partial charge on any atom is -0.317 e. The van der Waals surface area contributed by atoms with Crippen molar-refractivity contribution < 1.29 is 26.7 Å². The highest BCUT2D eigenvalue weighted by atomic mass is 19.4. The van der Waals surface area contributed by atoms with Gasteiger partial charge in [-0.25, -0.2) is 13.6 Å². The number of fused-ring (bicyclic) bond motifs is 1. The average Bonchev–Trinajstić information content (AvgIpc) is 2.55. The zero-order valence-electron chi connectivity index (χ0n) is 13.7. The van der Waals surface area contributed by atoms with E-state index in [1.807, 2.05) is 0 Å². The van der Waals surface area contributed by atoms with Crippen LogP contribution in [0.5, 0.6) is 0 Å². The number of carbonyl (C=O) groups excluding carboxylic acids is 1. The van der Waals surface area contributed by atoms with Gasteiger partial charge in [-0.1, -0.05) is 6.07 Å². The van der Waals surface area contributed by atoms with Gasteiger partial charge in [-0.05, 0) is 54.8 Å². The van der Waals surface area contributed by atoms with E-state index in [4.69, 9.17) is 0 Å². The quantitative estimate of drug-likeness (QED) is 0.707. The average molecular weight is 370 g/mol. The molecule has 0 bridgehead atoms. The third kappa shape index (κ3) is 3.63. The molecule has 3 rings (SSSR count). The highest BCUT2D eigenvalue weighted by Crippen LogP contribution is 2.33.